The quantitative estimate of drug-likeness (QED) is 0.0729. The van der Waals surface area contributed by atoms with Gasteiger partial charge in [0.25, 0.3) is 0 Å². The van der Waals surface area contributed by atoms with Crippen LogP contribution in [0.3, 0.4) is 0 Å². The van der Waals surface area contributed by atoms with Gasteiger partial charge in [0.1, 0.15) is 51.4 Å². The van der Waals surface area contributed by atoms with Crippen molar-refractivity contribution in [3.8, 4) is 0 Å². The third-order valence-electron chi connectivity index (χ3n) is 19.7. The molecule has 0 bridgehead atoms. The first-order valence-electron chi connectivity index (χ1n) is 40.8. The van der Waals surface area contributed by atoms with Gasteiger partial charge in [-0.15, -0.1) is 0 Å². The van der Waals surface area contributed by atoms with E-state index in [1.165, 1.54) is 77.0 Å². The van der Waals surface area contributed by atoms with Crippen LogP contribution in [-0.4, -0.2) is 131 Å². The van der Waals surface area contributed by atoms with Crippen molar-refractivity contribution in [2.24, 2.45) is 0 Å². The molecule has 0 aromatic heterocycles. The minimum Gasteiger partial charge on any atom is -1.00 e. The fourth-order valence-corrected chi connectivity index (χ4v) is 33.4. The van der Waals surface area contributed by atoms with E-state index in [0.29, 0.717) is 62.2 Å². The molecule has 624 valence electrons. The van der Waals surface area contributed by atoms with Gasteiger partial charge in [-0.25, -0.2) is 0 Å². The van der Waals surface area contributed by atoms with Crippen molar-refractivity contribution in [3.63, 3.8) is 0 Å². The van der Waals surface area contributed by atoms with Crippen LogP contribution in [0.1, 0.15) is 77.0 Å². The van der Waals surface area contributed by atoms with E-state index in [1.807, 2.05) is 218 Å². The number of hydrogen-bond acceptors (Lipinski definition) is 15. The van der Waals surface area contributed by atoms with Gasteiger partial charge in [-0.2, -0.15) is 0 Å². The molecule has 6 aliphatic heterocycles. The van der Waals surface area contributed by atoms with Crippen molar-refractivity contribution in [3.05, 3.63) is 364 Å². The summed E-state index contributed by atoms with van der Waals surface area (Å²) in [6.45, 7) is 12.0. The van der Waals surface area contributed by atoms with E-state index in [0.717, 1.165) is 79.3 Å². The van der Waals surface area contributed by atoms with Crippen LogP contribution in [0.2, 0.25) is 0 Å². The monoisotopic (exact) mass is 1880 g/mol. The minimum absolute atomic E-state index is 0. The van der Waals surface area contributed by atoms with Gasteiger partial charge >= 0.3 is 125 Å². The Morgan fingerprint density at radius 1 is 0.154 bits per heavy atom. The van der Waals surface area contributed by atoms with Gasteiger partial charge in [0, 0.05) is 79.3 Å². The maximum Gasteiger partial charge on any atom is 3.00 e. The summed E-state index contributed by atoms with van der Waals surface area (Å²) >= 11 is 0. The third-order valence-corrected chi connectivity index (χ3v) is 39.7. The van der Waals surface area contributed by atoms with Crippen LogP contribution in [0.4, 0.5) is 0 Å². The number of ether oxygens (including phenoxy) is 6. The molecular formula is C96H108ClEuLi4O15Si6. The van der Waals surface area contributed by atoms with Crippen molar-refractivity contribution < 1.29 is 207 Å². The molecular weight excluding hydrogens is 1780 g/mol. The first-order chi connectivity index (χ1) is 57.4. The summed E-state index contributed by atoms with van der Waals surface area (Å²) in [5.41, 5.74) is 0. The molecule has 12 aromatic carbocycles. The Morgan fingerprint density at radius 3 is 0.285 bits per heavy atom. The van der Waals surface area contributed by atoms with Crippen LogP contribution in [-0.2, 0) is 40.8 Å². The van der Waals surface area contributed by atoms with Crippen LogP contribution in [0.25, 0.3) is 0 Å². The summed E-state index contributed by atoms with van der Waals surface area (Å²) < 4.78 is 48.7. The maximum absolute atomic E-state index is 14.4. The van der Waals surface area contributed by atoms with E-state index >= 15 is 0 Å². The van der Waals surface area contributed by atoms with Gasteiger partial charge in [0.05, 0.1) is 0 Å². The molecule has 0 unspecified atom stereocenters. The molecule has 6 saturated heterocycles. The molecule has 6 heterocycles. The topological polar surface area (TPSA) is 221 Å². The van der Waals surface area contributed by atoms with Gasteiger partial charge in [-0.3, -0.25) is 0 Å². The van der Waals surface area contributed by atoms with E-state index in [2.05, 4.69) is 0 Å². The van der Waals surface area contributed by atoms with Crippen LogP contribution in [0.5, 0.6) is 0 Å². The molecule has 0 saturated carbocycles. The molecule has 0 aliphatic carbocycles. The zero-order chi connectivity index (χ0) is 81.7. The van der Waals surface area contributed by atoms with Crippen molar-refractivity contribution in [1.29, 1.82) is 0 Å². The first-order valence-corrected chi connectivity index (χ1v) is 51.7. The largest absolute Gasteiger partial charge is 3.00 e. The van der Waals surface area contributed by atoms with Gasteiger partial charge < -0.3 is 81.9 Å². The number of hydrogen-bond donors (Lipinski definition) is 0. The Kier molecular flexibility index (Phi) is 55.9. The zero-order valence-corrected chi connectivity index (χ0v) is 80.7. The van der Waals surface area contributed by atoms with E-state index in [1.54, 1.807) is 146 Å². The molecule has 15 nitrogen and oxygen atoms in total. The van der Waals surface area contributed by atoms with E-state index < -0.39 is 51.4 Å². The van der Waals surface area contributed by atoms with E-state index in [4.69, 9.17) is 40.8 Å². The Hall–Kier alpha value is -4.39. The molecule has 27 heteroatoms. The maximum atomic E-state index is 14.4. The average Bonchev–Trinajstić information content (AvgIpc) is 1.49. The van der Waals surface area contributed by atoms with E-state index in [-0.39, 0.29) is 137 Å². The second-order valence-corrected chi connectivity index (χ2v) is 45.1. The molecule has 6 fully saturated rings. The standard InChI is InChI=1S/3C24H20O3Si2.6C4H8O.ClH.Eu.4Li/c3*25-28(21-13-5-1-6-14-21,22-15-7-2-8-16-22)27-29(26,23-17-9-3-10-18-23)24-19-11-4-12-20-24;6*1-2-4-5-3-1;;;;;;/h3*1-20H;6*1-4H2;1H;;;;;/q3*-2;;;;;;;;+3;4*+1/p-1. The Bertz CT molecular complexity index is 3540. The molecule has 0 radical (unpaired) electrons. The Labute approximate surface area is 831 Å². The SMILES string of the molecule is C1CCOC1.C1CCOC1.C1CCOC1.C1CCOC1.C1CCOC1.C1CCOC1.[Cl-].[Eu+3].[Li+].[Li+].[Li+].[Li+].[O-][Si](O[Si]([O-])(c1ccccc1)c1ccccc1)(c1ccccc1)c1ccccc1.[O-][Si](O[Si]([O-])(c1ccccc1)c1ccccc1)(c1ccccc1)c1ccccc1.[O-][Si](O[Si]([O-])(c1ccccc1)c1ccccc1)(c1ccccc1)c1ccccc1. The van der Waals surface area contributed by atoms with Crippen LogP contribution >= 0.6 is 0 Å². The molecule has 12 aromatic rings. The van der Waals surface area contributed by atoms with Gasteiger partial charge in [0.15, 0.2) is 0 Å². The summed E-state index contributed by atoms with van der Waals surface area (Å²) in [7, 11) is -24.0. The Balaban J connectivity index is 0.000000321. The summed E-state index contributed by atoms with van der Waals surface area (Å²) in [6.07, 6.45) is 15.3. The molecule has 6 aliphatic rings. The van der Waals surface area contributed by atoms with Crippen molar-refractivity contribution >= 4 is 114 Å². The zero-order valence-electron chi connectivity index (χ0n) is 71.5. The van der Waals surface area contributed by atoms with Crippen molar-refractivity contribution in [2.75, 3.05) is 79.3 Å². The van der Waals surface area contributed by atoms with Crippen molar-refractivity contribution in [2.45, 2.75) is 77.0 Å². The van der Waals surface area contributed by atoms with E-state index in [9.17, 15) is 28.8 Å². The summed E-state index contributed by atoms with van der Waals surface area (Å²) in [5.74, 6) is 0. The number of benzene rings is 12. The molecule has 0 atom stereocenters. The number of rotatable bonds is 18. The molecule has 0 spiro atoms. The molecule has 123 heavy (non-hydrogen) atoms. The number of halogens is 1. The third kappa shape index (κ3) is 35.1. The van der Waals surface area contributed by atoms with Gasteiger partial charge in [-0.1, -0.05) is 364 Å². The summed E-state index contributed by atoms with van der Waals surface area (Å²) in [5, 5.41) is 6.56. The Morgan fingerprint density at radius 2 is 0.228 bits per heavy atom. The second kappa shape index (κ2) is 62.0. The predicted molar refractivity (Wildman–Crippen MR) is 471 cm³/mol. The fraction of sp³-hybridized carbons (Fsp3) is 0.250. The molecule has 0 amide bonds. The first kappa shape index (κ1) is 111. The average molecular weight is 1890 g/mol. The predicted octanol–water partition coefficient (Wildman–Crippen LogP) is -9.49. The van der Waals surface area contributed by atoms with Crippen LogP contribution in [0.15, 0.2) is 364 Å². The molecule has 0 N–H and O–H groups in total. The van der Waals surface area contributed by atoms with Gasteiger partial charge in [-0.05, 0) is 139 Å². The van der Waals surface area contributed by atoms with Crippen molar-refractivity contribution in [1.82, 2.24) is 0 Å². The minimum atomic E-state index is -4.00. The summed E-state index contributed by atoms with van der Waals surface area (Å²) in [6, 6.07) is 109. The molecule has 18 rings (SSSR count). The second-order valence-electron chi connectivity index (χ2n) is 28.3. The normalized spacial score (nSPS) is 14.3. The van der Waals surface area contributed by atoms with Crippen LogP contribution < -0.4 is 179 Å². The summed E-state index contributed by atoms with van der Waals surface area (Å²) in [4.78, 5) is 86.5. The van der Waals surface area contributed by atoms with Crippen LogP contribution in [0, 0.1) is 49.4 Å². The fourth-order valence-electron chi connectivity index (χ4n) is 13.3. The van der Waals surface area contributed by atoms with Gasteiger partial charge in [0.2, 0.25) is 0 Å². The smallest absolute Gasteiger partial charge is 1.00 e.